The van der Waals surface area contributed by atoms with Gasteiger partial charge in [-0.15, -0.1) is 6.58 Å². The van der Waals surface area contributed by atoms with E-state index in [1.807, 2.05) is 212 Å². The van der Waals surface area contributed by atoms with Crippen LogP contribution in [0.3, 0.4) is 0 Å². The summed E-state index contributed by atoms with van der Waals surface area (Å²) in [5, 5.41) is 38.5. The van der Waals surface area contributed by atoms with E-state index < -0.39 is 92.1 Å². The number of rotatable bonds is 31. The number of hydrogen-bond acceptors (Lipinski definition) is 16. The number of aliphatic hydroxyl groups excluding tert-OH is 3. The molecule has 3 aliphatic rings. The fourth-order valence-electron chi connectivity index (χ4n) is 10.7. The highest BCUT2D eigenvalue weighted by molar-refractivity contribution is 5.19. The number of hydrogen-bond donors (Lipinski definition) is 3. The lowest BCUT2D eigenvalue weighted by molar-refractivity contribution is -0.389. The zero-order chi connectivity index (χ0) is 59.1. The first kappa shape index (κ1) is 62.7. The molecule has 16 heteroatoms. The molecule has 15 atom stereocenters. The van der Waals surface area contributed by atoms with Crippen molar-refractivity contribution in [3.05, 3.63) is 264 Å². The lowest BCUT2D eigenvalue weighted by Crippen LogP contribution is -2.67. The van der Waals surface area contributed by atoms with Crippen molar-refractivity contribution in [2.24, 2.45) is 0 Å². The van der Waals surface area contributed by atoms with Crippen molar-refractivity contribution >= 4 is 0 Å². The Labute approximate surface area is 503 Å². The molecule has 454 valence electrons. The fourth-order valence-corrected chi connectivity index (χ4v) is 10.7. The van der Waals surface area contributed by atoms with Crippen LogP contribution in [0.15, 0.2) is 225 Å². The van der Waals surface area contributed by atoms with E-state index in [0.29, 0.717) is 0 Å². The van der Waals surface area contributed by atoms with Crippen molar-refractivity contribution in [1.29, 1.82) is 0 Å². The van der Waals surface area contributed by atoms with Crippen LogP contribution in [0.25, 0.3) is 0 Å². The first-order chi connectivity index (χ1) is 42.4. The van der Waals surface area contributed by atoms with Crippen LogP contribution in [-0.2, 0) is 108 Å². The van der Waals surface area contributed by atoms with E-state index in [-0.39, 0.29) is 72.7 Å². The smallest absolute Gasteiger partial charge is 0.187 e. The molecule has 16 nitrogen and oxygen atoms in total. The maximum absolute atomic E-state index is 13.2. The molecule has 0 aliphatic carbocycles. The zero-order valence-electron chi connectivity index (χ0n) is 48.1. The molecule has 0 spiro atoms. The van der Waals surface area contributed by atoms with E-state index in [1.165, 1.54) is 0 Å². The van der Waals surface area contributed by atoms with Crippen molar-refractivity contribution in [1.82, 2.24) is 0 Å². The molecule has 86 heavy (non-hydrogen) atoms. The highest BCUT2D eigenvalue weighted by Gasteiger charge is 2.56. The Morgan fingerprint density at radius 3 is 0.872 bits per heavy atom. The molecule has 0 saturated carbocycles. The minimum Gasteiger partial charge on any atom is -0.385 e. The summed E-state index contributed by atoms with van der Waals surface area (Å²) >= 11 is 0. The molecule has 3 aliphatic heterocycles. The third-order valence-electron chi connectivity index (χ3n) is 15.1. The first-order valence-electron chi connectivity index (χ1n) is 29.4. The van der Waals surface area contributed by atoms with Crippen LogP contribution in [0.1, 0.15) is 38.9 Å². The Morgan fingerprint density at radius 1 is 0.302 bits per heavy atom. The maximum atomic E-state index is 13.2. The minimum absolute atomic E-state index is 0.00339. The molecule has 0 bridgehead atoms. The standard InChI is InChI=1S/C70H78O16/c1-2-38-77-65-59(71)69(83-56(46-74-39-49-24-10-3-11-25-49)62(65)78-42-52-30-16-6-17-31-52)86-67-61(73)70(84-58(48-76-41-51-28-14-5-15-29-51)64(67)80-44-54-34-20-8-21-35-54)85-66-60(72)68(81-45-55-36-22-9-23-37-55)82-57(47-75-40-50-26-12-4-13-27-50)63(66)79-43-53-32-18-7-19-33-53/h2-37,56-73H,1,38-48H2/t56?,57?,58?,59?,60?,61?,62-,63-,64-,65-,66-,67-,68-,69+,70+/m1/s1. The average molecular weight is 1180 g/mol. The number of aliphatic hydroxyl groups is 3. The van der Waals surface area contributed by atoms with Gasteiger partial charge >= 0.3 is 0 Å². The van der Waals surface area contributed by atoms with Crippen LogP contribution in [0.5, 0.6) is 0 Å². The molecule has 3 N–H and O–H groups in total. The maximum Gasteiger partial charge on any atom is 0.187 e. The normalized spacial score (nSPS) is 27.5. The summed E-state index contributed by atoms with van der Waals surface area (Å²) in [6, 6.07) is 67.5. The monoisotopic (exact) mass is 1170 g/mol. The van der Waals surface area contributed by atoms with Gasteiger partial charge in [0.25, 0.3) is 0 Å². The van der Waals surface area contributed by atoms with Gasteiger partial charge in [0, 0.05) is 0 Å². The quantitative estimate of drug-likeness (QED) is 0.0350. The summed E-state index contributed by atoms with van der Waals surface area (Å²) in [7, 11) is 0. The average Bonchev–Trinajstić information content (AvgIpc) is 2.29. The number of benzene rings is 7. The molecule has 7 aromatic rings. The summed E-state index contributed by atoms with van der Waals surface area (Å²) < 4.78 is 86.7. The molecule has 3 fully saturated rings. The second kappa shape index (κ2) is 33.1. The highest BCUT2D eigenvalue weighted by Crippen LogP contribution is 2.37. The highest BCUT2D eigenvalue weighted by atomic mass is 16.8. The molecule has 7 aromatic carbocycles. The summed E-state index contributed by atoms with van der Waals surface area (Å²) in [5.41, 5.74) is 6.20. The van der Waals surface area contributed by atoms with Gasteiger partial charge < -0.3 is 76.9 Å². The van der Waals surface area contributed by atoms with E-state index >= 15 is 0 Å². The minimum atomic E-state index is -1.72. The van der Waals surface area contributed by atoms with Gasteiger partial charge in [-0.3, -0.25) is 0 Å². The van der Waals surface area contributed by atoms with Crippen molar-refractivity contribution in [3.63, 3.8) is 0 Å². The van der Waals surface area contributed by atoms with Gasteiger partial charge in [0.15, 0.2) is 18.9 Å². The van der Waals surface area contributed by atoms with Crippen LogP contribution in [0.4, 0.5) is 0 Å². The first-order valence-corrected chi connectivity index (χ1v) is 29.4. The Morgan fingerprint density at radius 2 is 0.558 bits per heavy atom. The van der Waals surface area contributed by atoms with Gasteiger partial charge in [-0.2, -0.15) is 0 Å². The molecule has 3 heterocycles. The molecule has 0 radical (unpaired) electrons. The zero-order valence-corrected chi connectivity index (χ0v) is 48.1. The second-order valence-corrected chi connectivity index (χ2v) is 21.5. The Hall–Kier alpha value is -6.36. The predicted molar refractivity (Wildman–Crippen MR) is 318 cm³/mol. The predicted octanol–water partition coefficient (Wildman–Crippen LogP) is 9.21. The lowest BCUT2D eigenvalue weighted by atomic mass is 9.95. The van der Waals surface area contributed by atoms with Gasteiger partial charge in [0.05, 0.1) is 72.7 Å². The van der Waals surface area contributed by atoms with Crippen LogP contribution in [0, 0.1) is 0 Å². The topological polar surface area (TPSA) is 181 Å². The van der Waals surface area contributed by atoms with Crippen LogP contribution < -0.4 is 0 Å². The van der Waals surface area contributed by atoms with Gasteiger partial charge in [-0.25, -0.2) is 0 Å². The summed E-state index contributed by atoms with van der Waals surface area (Å²) in [5.74, 6) is 0. The van der Waals surface area contributed by atoms with Crippen LogP contribution in [-0.4, -0.2) is 134 Å². The Kier molecular flexibility index (Phi) is 24.1. The van der Waals surface area contributed by atoms with Gasteiger partial charge in [0.1, 0.15) is 73.2 Å². The Bertz CT molecular complexity index is 2970. The molecule has 10 rings (SSSR count). The second-order valence-electron chi connectivity index (χ2n) is 21.5. The molecule has 3 saturated heterocycles. The Balaban J connectivity index is 0.998. The third-order valence-corrected chi connectivity index (χ3v) is 15.1. The molecule has 0 aromatic heterocycles. The van der Waals surface area contributed by atoms with E-state index in [4.69, 9.17) is 61.6 Å². The van der Waals surface area contributed by atoms with E-state index in [9.17, 15) is 15.3 Å². The fraction of sp³-hybridized carbons (Fsp3) is 0.371. The summed E-state index contributed by atoms with van der Waals surface area (Å²) in [6.07, 6.45) is -17.2. The third kappa shape index (κ3) is 17.9. The molecular weight excluding hydrogens is 1100 g/mol. The van der Waals surface area contributed by atoms with Crippen LogP contribution in [0.2, 0.25) is 0 Å². The lowest BCUT2D eigenvalue weighted by Gasteiger charge is -2.50. The molecular formula is C70H78O16. The van der Waals surface area contributed by atoms with Gasteiger partial charge in [-0.05, 0) is 38.9 Å². The van der Waals surface area contributed by atoms with Crippen molar-refractivity contribution in [2.45, 2.75) is 138 Å². The van der Waals surface area contributed by atoms with Crippen molar-refractivity contribution in [3.8, 4) is 0 Å². The molecule has 0 amide bonds. The van der Waals surface area contributed by atoms with Crippen LogP contribution >= 0.6 is 0 Å². The van der Waals surface area contributed by atoms with Gasteiger partial charge in [0.2, 0.25) is 0 Å². The SMILES string of the molecule is C=CCO[C@@H]1C(O)[C@H](O[C@@H]2C(O)[C@H](O[C@@H]3C(O)[C@H](OCc4ccccc4)OC(COCc4ccccc4)[C@H]3OCc3ccccc3)OC(COCc3ccccc3)[C@H]2OCc2ccccc2)OC(COCc2ccccc2)[C@H]1OCc1ccccc1. The van der Waals surface area contributed by atoms with Crippen molar-refractivity contribution < 1.29 is 76.9 Å². The molecule has 6 unspecified atom stereocenters. The largest absolute Gasteiger partial charge is 0.385 e. The van der Waals surface area contributed by atoms with Gasteiger partial charge in [-0.1, -0.05) is 218 Å². The van der Waals surface area contributed by atoms with Crippen molar-refractivity contribution in [2.75, 3.05) is 26.4 Å². The number of ether oxygens (including phenoxy) is 13. The summed E-state index contributed by atoms with van der Waals surface area (Å²) in [6.45, 7) is 4.96. The van der Waals surface area contributed by atoms with E-state index in [2.05, 4.69) is 6.58 Å². The van der Waals surface area contributed by atoms with E-state index in [0.717, 1.165) is 38.9 Å². The van der Waals surface area contributed by atoms with E-state index in [1.54, 1.807) is 6.08 Å². The summed E-state index contributed by atoms with van der Waals surface area (Å²) in [4.78, 5) is 0.